The van der Waals surface area contributed by atoms with Crippen LogP contribution in [0.2, 0.25) is 5.02 Å². The minimum Gasteiger partial charge on any atom is -0.497 e. The van der Waals surface area contributed by atoms with Gasteiger partial charge in [0.2, 0.25) is 11.8 Å². The Bertz CT molecular complexity index is 1440. The minimum atomic E-state index is -4.16. The van der Waals surface area contributed by atoms with E-state index in [1.165, 1.54) is 24.1 Å². The van der Waals surface area contributed by atoms with Crippen molar-refractivity contribution in [1.29, 1.82) is 0 Å². The number of sulfonamides is 1. The molecular weight excluding hydrogens is 574 g/mol. The average Bonchev–Trinajstić information content (AvgIpc) is 3.01. The summed E-state index contributed by atoms with van der Waals surface area (Å²) in [5, 5.41) is 3.61. The molecule has 0 heterocycles. The molecule has 1 N–H and O–H groups in total. The summed E-state index contributed by atoms with van der Waals surface area (Å²) in [5.74, 6) is -0.243. The third-order valence-electron chi connectivity index (χ3n) is 7.61. The van der Waals surface area contributed by atoms with Gasteiger partial charge in [-0.05, 0) is 67.3 Å². The van der Waals surface area contributed by atoms with E-state index in [2.05, 4.69) is 5.32 Å². The number of para-hydroxylation sites is 1. The number of methoxy groups -OCH3 is 1. The van der Waals surface area contributed by atoms with Gasteiger partial charge in [-0.15, -0.1) is 0 Å². The summed E-state index contributed by atoms with van der Waals surface area (Å²) in [6, 6.07) is 20.9. The second-order valence-electron chi connectivity index (χ2n) is 10.4. The topological polar surface area (TPSA) is 96.0 Å². The molecule has 1 unspecified atom stereocenters. The van der Waals surface area contributed by atoms with Gasteiger partial charge >= 0.3 is 0 Å². The highest BCUT2D eigenvalue weighted by Crippen LogP contribution is 2.27. The zero-order chi connectivity index (χ0) is 30.1. The lowest BCUT2D eigenvalue weighted by Gasteiger charge is -2.34. The second-order valence-corrected chi connectivity index (χ2v) is 12.7. The summed E-state index contributed by atoms with van der Waals surface area (Å²) in [6.07, 6.45) is 5.42. The molecule has 2 amide bonds. The van der Waals surface area contributed by atoms with E-state index in [9.17, 15) is 18.0 Å². The van der Waals surface area contributed by atoms with Crippen LogP contribution < -0.4 is 14.4 Å². The van der Waals surface area contributed by atoms with Gasteiger partial charge in [0.15, 0.2) is 0 Å². The number of benzene rings is 3. The van der Waals surface area contributed by atoms with E-state index in [1.807, 2.05) is 13.0 Å². The maximum atomic E-state index is 14.2. The van der Waals surface area contributed by atoms with E-state index < -0.39 is 28.5 Å². The van der Waals surface area contributed by atoms with E-state index >= 15 is 0 Å². The first-order chi connectivity index (χ1) is 20.2. The zero-order valence-corrected chi connectivity index (χ0v) is 25.6. The van der Waals surface area contributed by atoms with Crippen LogP contribution >= 0.6 is 11.6 Å². The van der Waals surface area contributed by atoms with Crippen molar-refractivity contribution in [3.63, 3.8) is 0 Å². The molecule has 224 valence electrons. The molecule has 0 aliphatic heterocycles. The molecule has 0 radical (unpaired) electrons. The lowest BCUT2D eigenvalue weighted by atomic mass is 9.95. The molecule has 0 spiro atoms. The molecule has 8 nitrogen and oxygen atoms in total. The van der Waals surface area contributed by atoms with Crippen LogP contribution in [0.15, 0.2) is 83.8 Å². The van der Waals surface area contributed by atoms with Gasteiger partial charge in [-0.25, -0.2) is 8.42 Å². The van der Waals surface area contributed by atoms with Gasteiger partial charge in [-0.3, -0.25) is 13.9 Å². The highest BCUT2D eigenvalue weighted by atomic mass is 35.5. The molecule has 0 saturated heterocycles. The van der Waals surface area contributed by atoms with Crippen LogP contribution in [-0.2, 0) is 26.2 Å². The highest BCUT2D eigenvalue weighted by molar-refractivity contribution is 7.92. The van der Waals surface area contributed by atoms with Crippen molar-refractivity contribution in [2.24, 2.45) is 0 Å². The van der Waals surface area contributed by atoms with Crippen LogP contribution in [0.3, 0.4) is 0 Å². The van der Waals surface area contributed by atoms with Crippen molar-refractivity contribution in [2.45, 2.75) is 69.0 Å². The van der Waals surface area contributed by atoms with Gasteiger partial charge in [-0.2, -0.15) is 0 Å². The number of ether oxygens (including phenoxy) is 1. The molecule has 3 aromatic carbocycles. The Hall–Kier alpha value is -3.56. The van der Waals surface area contributed by atoms with E-state index in [0.717, 1.165) is 36.4 Å². The van der Waals surface area contributed by atoms with Gasteiger partial charge in [0.1, 0.15) is 18.3 Å². The van der Waals surface area contributed by atoms with Gasteiger partial charge in [0.05, 0.1) is 17.7 Å². The summed E-state index contributed by atoms with van der Waals surface area (Å²) in [6.45, 7) is 1.40. The Morgan fingerprint density at radius 1 is 0.952 bits per heavy atom. The molecule has 42 heavy (non-hydrogen) atoms. The van der Waals surface area contributed by atoms with Crippen molar-refractivity contribution in [1.82, 2.24) is 10.2 Å². The summed E-state index contributed by atoms with van der Waals surface area (Å²) >= 11 is 6.48. The quantitative estimate of drug-likeness (QED) is 0.279. The maximum Gasteiger partial charge on any atom is 0.264 e. The molecule has 1 aliphatic rings. The van der Waals surface area contributed by atoms with Crippen LogP contribution in [0.25, 0.3) is 0 Å². The number of rotatable bonds is 12. The number of hydrogen-bond acceptors (Lipinski definition) is 5. The van der Waals surface area contributed by atoms with E-state index in [4.69, 9.17) is 16.3 Å². The summed E-state index contributed by atoms with van der Waals surface area (Å²) < 4.78 is 34.2. The number of nitrogens with zero attached hydrogens (tertiary/aromatic N) is 2. The van der Waals surface area contributed by atoms with Crippen molar-refractivity contribution in [2.75, 3.05) is 18.0 Å². The normalized spacial score (nSPS) is 14.5. The SMILES string of the molecule is CCC(C(=O)NC1CCCCC1)N(Cc1ccccc1Cl)C(=O)CN(c1ccccc1)S(=O)(=O)c1ccc(OC)cc1. The molecule has 1 aliphatic carbocycles. The molecule has 1 saturated carbocycles. The zero-order valence-electron chi connectivity index (χ0n) is 24.0. The van der Waals surface area contributed by atoms with Crippen LogP contribution in [0.4, 0.5) is 5.69 Å². The minimum absolute atomic E-state index is 0.0136. The molecule has 0 bridgehead atoms. The number of amides is 2. The number of halogens is 1. The molecule has 10 heteroatoms. The average molecular weight is 612 g/mol. The Morgan fingerprint density at radius 3 is 2.21 bits per heavy atom. The Balaban J connectivity index is 1.69. The lowest BCUT2D eigenvalue weighted by Crippen LogP contribution is -2.54. The van der Waals surface area contributed by atoms with Crippen LogP contribution in [0.1, 0.15) is 51.0 Å². The summed E-state index contributed by atoms with van der Waals surface area (Å²) in [5.41, 5.74) is 1.000. The fourth-order valence-corrected chi connectivity index (χ4v) is 6.88. The van der Waals surface area contributed by atoms with Gasteiger partial charge in [0, 0.05) is 17.6 Å². The molecular formula is C32H38ClN3O5S. The number of anilines is 1. The van der Waals surface area contributed by atoms with Crippen molar-refractivity contribution in [3.05, 3.63) is 89.4 Å². The van der Waals surface area contributed by atoms with Gasteiger partial charge < -0.3 is 15.0 Å². The lowest BCUT2D eigenvalue weighted by molar-refractivity contribution is -0.140. The molecule has 1 fully saturated rings. The standard InChI is InChI=1S/C32H38ClN3O5S/c1-3-30(32(38)34-25-13-6-4-7-14-25)35(22-24-12-10-11-17-29(24)33)31(37)23-36(26-15-8-5-9-16-26)42(39,40)28-20-18-27(41-2)19-21-28/h5,8-12,15-21,25,30H,3-4,6-7,13-14,22-23H2,1-2H3,(H,34,38). The Kier molecular flexibility index (Phi) is 10.9. The summed E-state index contributed by atoms with van der Waals surface area (Å²) in [4.78, 5) is 29.3. The first-order valence-electron chi connectivity index (χ1n) is 14.3. The molecule has 0 aromatic heterocycles. The smallest absolute Gasteiger partial charge is 0.264 e. The van der Waals surface area contributed by atoms with Crippen molar-refractivity contribution in [3.8, 4) is 5.75 Å². The van der Waals surface area contributed by atoms with E-state index in [-0.39, 0.29) is 23.4 Å². The van der Waals surface area contributed by atoms with E-state index in [1.54, 1.807) is 60.7 Å². The Labute approximate surface area is 253 Å². The largest absolute Gasteiger partial charge is 0.497 e. The number of hydrogen-bond donors (Lipinski definition) is 1. The van der Waals surface area contributed by atoms with Crippen LogP contribution in [0, 0.1) is 0 Å². The molecule has 1 atom stereocenters. The molecule has 4 rings (SSSR count). The fraction of sp³-hybridized carbons (Fsp3) is 0.375. The molecule has 3 aromatic rings. The first kappa shape index (κ1) is 31.4. The maximum absolute atomic E-state index is 14.2. The summed E-state index contributed by atoms with van der Waals surface area (Å²) in [7, 11) is -2.66. The number of nitrogens with one attached hydrogen (secondary N) is 1. The van der Waals surface area contributed by atoms with Crippen molar-refractivity contribution < 1.29 is 22.7 Å². The first-order valence-corrected chi connectivity index (χ1v) is 16.1. The van der Waals surface area contributed by atoms with E-state index in [0.29, 0.717) is 28.4 Å². The second kappa shape index (κ2) is 14.6. The third-order valence-corrected chi connectivity index (χ3v) is 9.76. The number of carbonyl (C=O) groups excluding carboxylic acids is 2. The Morgan fingerprint density at radius 2 is 1.60 bits per heavy atom. The van der Waals surface area contributed by atoms with Gasteiger partial charge in [0.25, 0.3) is 10.0 Å². The predicted octanol–water partition coefficient (Wildman–Crippen LogP) is 5.80. The number of carbonyl (C=O) groups is 2. The van der Waals surface area contributed by atoms with Crippen LogP contribution in [-0.4, -0.2) is 50.9 Å². The predicted molar refractivity (Wildman–Crippen MR) is 165 cm³/mol. The third kappa shape index (κ3) is 7.63. The van der Waals surface area contributed by atoms with Crippen molar-refractivity contribution >= 4 is 39.1 Å². The van der Waals surface area contributed by atoms with Gasteiger partial charge in [-0.1, -0.05) is 74.2 Å². The fourth-order valence-electron chi connectivity index (χ4n) is 5.27. The van der Waals surface area contributed by atoms with Crippen LogP contribution in [0.5, 0.6) is 5.75 Å². The monoisotopic (exact) mass is 611 g/mol. The highest BCUT2D eigenvalue weighted by Gasteiger charge is 2.34.